The van der Waals surface area contributed by atoms with Gasteiger partial charge in [-0.3, -0.25) is 14.5 Å². The lowest BCUT2D eigenvalue weighted by Gasteiger charge is -2.41. The molecular formula is C34H36Cl2FNO6. The van der Waals surface area contributed by atoms with E-state index in [4.69, 9.17) is 32.7 Å². The first kappa shape index (κ1) is 32.4. The van der Waals surface area contributed by atoms with Gasteiger partial charge in [-0.2, -0.15) is 0 Å². The molecule has 44 heavy (non-hydrogen) atoms. The normalized spacial score (nSPS) is 20.5. The summed E-state index contributed by atoms with van der Waals surface area (Å²) < 4.78 is 28.1. The maximum atomic E-state index is 16.3. The van der Waals surface area contributed by atoms with Gasteiger partial charge in [-0.1, -0.05) is 48.3 Å². The molecule has 2 heterocycles. The molecule has 0 aliphatic carbocycles. The highest BCUT2D eigenvalue weighted by Gasteiger charge is 2.54. The van der Waals surface area contributed by atoms with Crippen LogP contribution in [-0.2, 0) is 37.6 Å². The van der Waals surface area contributed by atoms with E-state index in [1.54, 1.807) is 62.4 Å². The number of halogens is 3. The summed E-state index contributed by atoms with van der Waals surface area (Å²) in [7, 11) is 1.43. The minimum absolute atomic E-state index is 0.125. The van der Waals surface area contributed by atoms with Crippen LogP contribution in [0.2, 0.25) is 10.0 Å². The number of benzene rings is 3. The number of ether oxygens (including phenoxy) is 2. The summed E-state index contributed by atoms with van der Waals surface area (Å²) in [6.07, 6.45) is 1.55. The number of amides is 1. The van der Waals surface area contributed by atoms with E-state index in [2.05, 4.69) is 0 Å². The maximum Gasteiger partial charge on any atom is 0.313 e. The molecule has 0 radical (unpaired) electrons. The number of rotatable bonds is 9. The number of aliphatic hydroxyl groups is 1. The van der Waals surface area contributed by atoms with Gasteiger partial charge in [0, 0.05) is 48.0 Å². The number of carboxylic acids is 1. The maximum absolute atomic E-state index is 16.3. The zero-order valence-corrected chi connectivity index (χ0v) is 26.6. The number of hydrogen-bond donors (Lipinski definition) is 2. The van der Waals surface area contributed by atoms with Gasteiger partial charge in [-0.15, -0.1) is 0 Å². The third-order valence-corrected chi connectivity index (χ3v) is 9.86. The average Bonchev–Trinajstić information content (AvgIpc) is 3.25. The monoisotopic (exact) mass is 643 g/mol. The Morgan fingerprint density at radius 3 is 2.32 bits per heavy atom. The van der Waals surface area contributed by atoms with Crippen molar-refractivity contribution in [1.29, 1.82) is 0 Å². The van der Waals surface area contributed by atoms with E-state index in [1.807, 2.05) is 6.92 Å². The molecule has 1 amide bonds. The molecule has 1 fully saturated rings. The third kappa shape index (κ3) is 5.20. The number of methoxy groups -OCH3 is 1. The molecule has 0 spiro atoms. The summed E-state index contributed by atoms with van der Waals surface area (Å²) >= 11 is 12.5. The third-order valence-electron chi connectivity index (χ3n) is 9.37. The zero-order chi connectivity index (χ0) is 32.0. The topological polar surface area (TPSA) is 96.3 Å². The van der Waals surface area contributed by atoms with Crippen LogP contribution in [0.25, 0.3) is 0 Å². The Bertz CT molecular complexity index is 1590. The molecule has 234 valence electrons. The highest BCUT2D eigenvalue weighted by atomic mass is 35.5. The Morgan fingerprint density at radius 1 is 1.09 bits per heavy atom. The first-order chi connectivity index (χ1) is 20.8. The summed E-state index contributed by atoms with van der Waals surface area (Å²) in [5, 5.41) is 22.9. The Labute approximate surface area is 266 Å². The lowest BCUT2D eigenvalue weighted by atomic mass is 9.74. The van der Waals surface area contributed by atoms with Gasteiger partial charge in [0.2, 0.25) is 0 Å². The van der Waals surface area contributed by atoms with E-state index in [-0.39, 0.29) is 23.6 Å². The average molecular weight is 645 g/mol. The number of carbonyl (C=O) groups excluding carboxylic acids is 1. The van der Waals surface area contributed by atoms with Crippen LogP contribution in [0.4, 0.5) is 4.39 Å². The number of aliphatic carboxylic acids is 1. The molecule has 2 N–H and O–H groups in total. The van der Waals surface area contributed by atoms with E-state index in [1.165, 1.54) is 18.1 Å². The van der Waals surface area contributed by atoms with E-state index in [0.717, 1.165) is 0 Å². The predicted molar refractivity (Wildman–Crippen MR) is 165 cm³/mol. The second-order valence-electron chi connectivity index (χ2n) is 12.0. The van der Waals surface area contributed by atoms with E-state index < -0.39 is 34.4 Å². The molecule has 0 unspecified atom stereocenters. The fourth-order valence-electron chi connectivity index (χ4n) is 6.73. The van der Waals surface area contributed by atoms with Gasteiger partial charge in [0.15, 0.2) is 5.72 Å². The predicted octanol–water partition coefficient (Wildman–Crippen LogP) is 7.02. The molecule has 3 aromatic carbocycles. The van der Waals surface area contributed by atoms with Crippen molar-refractivity contribution in [2.24, 2.45) is 5.92 Å². The van der Waals surface area contributed by atoms with Crippen LogP contribution in [0, 0.1) is 11.7 Å². The quantitative estimate of drug-likeness (QED) is 0.260. The number of nitrogens with zero attached hydrogens (tertiary/aromatic N) is 1. The Hall–Kier alpha value is -3.01. The second kappa shape index (κ2) is 12.1. The van der Waals surface area contributed by atoms with Crippen molar-refractivity contribution in [3.8, 4) is 0 Å². The van der Waals surface area contributed by atoms with Crippen molar-refractivity contribution in [1.82, 2.24) is 4.90 Å². The van der Waals surface area contributed by atoms with Gasteiger partial charge < -0.3 is 19.7 Å². The highest BCUT2D eigenvalue weighted by Crippen LogP contribution is 2.50. The Kier molecular flexibility index (Phi) is 8.88. The summed E-state index contributed by atoms with van der Waals surface area (Å²) in [6.45, 7) is 5.83. The van der Waals surface area contributed by atoms with Crippen LogP contribution in [0.15, 0.2) is 54.6 Å². The van der Waals surface area contributed by atoms with Crippen molar-refractivity contribution in [3.05, 3.63) is 104 Å². The fourth-order valence-corrected chi connectivity index (χ4v) is 7.03. The van der Waals surface area contributed by atoms with Gasteiger partial charge in [0.25, 0.3) is 5.91 Å². The smallest absolute Gasteiger partial charge is 0.313 e. The van der Waals surface area contributed by atoms with Gasteiger partial charge in [0.05, 0.1) is 16.6 Å². The molecule has 7 nitrogen and oxygen atoms in total. The molecule has 0 aromatic heterocycles. The molecular weight excluding hydrogens is 608 g/mol. The Morgan fingerprint density at radius 2 is 1.73 bits per heavy atom. The van der Waals surface area contributed by atoms with Crippen LogP contribution in [-0.4, -0.2) is 47.3 Å². The molecule has 10 heteroatoms. The zero-order valence-electron chi connectivity index (χ0n) is 25.1. The van der Waals surface area contributed by atoms with Crippen molar-refractivity contribution in [2.75, 3.05) is 20.3 Å². The molecule has 1 saturated heterocycles. The van der Waals surface area contributed by atoms with Crippen LogP contribution < -0.4 is 0 Å². The van der Waals surface area contributed by atoms with Crippen molar-refractivity contribution < 1.29 is 33.7 Å². The largest absolute Gasteiger partial charge is 0.481 e. The lowest BCUT2D eigenvalue weighted by molar-refractivity contribution is -0.142. The van der Waals surface area contributed by atoms with E-state index in [0.29, 0.717) is 64.8 Å². The lowest BCUT2D eigenvalue weighted by Crippen LogP contribution is -2.46. The molecule has 3 aromatic rings. The van der Waals surface area contributed by atoms with Gasteiger partial charge in [-0.05, 0) is 92.1 Å². The van der Waals surface area contributed by atoms with Gasteiger partial charge >= 0.3 is 5.97 Å². The van der Waals surface area contributed by atoms with Crippen LogP contribution in [0.1, 0.15) is 78.2 Å². The number of fused-ring (bicyclic) bond motifs is 1. The van der Waals surface area contributed by atoms with E-state index in [9.17, 15) is 19.8 Å². The van der Waals surface area contributed by atoms with Crippen LogP contribution >= 0.6 is 23.2 Å². The minimum atomic E-state index is -1.64. The number of carbonyl (C=O) groups is 2. The van der Waals surface area contributed by atoms with Gasteiger partial charge in [0.1, 0.15) is 5.82 Å². The molecule has 0 bridgehead atoms. The van der Waals surface area contributed by atoms with Crippen molar-refractivity contribution in [2.45, 2.75) is 63.3 Å². The van der Waals surface area contributed by atoms with Crippen LogP contribution in [0.3, 0.4) is 0 Å². The molecule has 5 rings (SSSR count). The number of carboxylic acid groups (broad SMARTS) is 1. The van der Waals surface area contributed by atoms with Gasteiger partial charge in [-0.25, -0.2) is 4.39 Å². The summed E-state index contributed by atoms with van der Waals surface area (Å²) in [5.41, 5.74) is -2.52. The standard InChI is InChI=1S/C34H36Cl2FNO6/c1-5-33(42,21-12-14-44-15-13-21)23-16-27-29(28(37)17-23)30(39)38(34(27,43-4)22-7-10-24(35)11-8-22)19-20-6-9-25(36)18-26(20)32(2,3)31(40)41/h6-11,16-18,21,42H,5,12-15,19H2,1-4H3,(H,40,41)/t33-,34+/m0/s1. The molecule has 2 aliphatic heterocycles. The fraction of sp³-hybridized carbons (Fsp3) is 0.412. The second-order valence-corrected chi connectivity index (χ2v) is 12.9. The minimum Gasteiger partial charge on any atom is -0.481 e. The first-order valence-corrected chi connectivity index (χ1v) is 15.4. The van der Waals surface area contributed by atoms with Crippen molar-refractivity contribution in [3.63, 3.8) is 0 Å². The van der Waals surface area contributed by atoms with Crippen LogP contribution in [0.5, 0.6) is 0 Å². The molecule has 2 atom stereocenters. The first-order valence-electron chi connectivity index (χ1n) is 14.6. The van der Waals surface area contributed by atoms with E-state index >= 15 is 4.39 Å². The van der Waals surface area contributed by atoms with Crippen molar-refractivity contribution >= 4 is 35.1 Å². The SMILES string of the molecule is CC[C@@](O)(c1cc(F)c2c(c1)[C@](OC)(c1ccc(Cl)cc1)N(Cc1ccc(Cl)cc1C(C)(C)C(=O)O)C2=O)C1CCOCC1. The Balaban J connectivity index is 1.74. The summed E-state index contributed by atoms with van der Waals surface area (Å²) in [4.78, 5) is 28.0. The summed E-state index contributed by atoms with van der Waals surface area (Å²) in [5.74, 6) is -2.66. The molecule has 0 saturated carbocycles. The number of hydrogen-bond acceptors (Lipinski definition) is 5. The molecule has 2 aliphatic rings. The summed E-state index contributed by atoms with van der Waals surface area (Å²) in [6, 6.07) is 14.5. The highest BCUT2D eigenvalue weighted by molar-refractivity contribution is 6.31.